The lowest BCUT2D eigenvalue weighted by atomic mass is 10.1. The summed E-state index contributed by atoms with van der Waals surface area (Å²) >= 11 is 0. The molecule has 1 saturated carbocycles. The molecule has 5 aromatic rings. The first-order valence-corrected chi connectivity index (χ1v) is 17.9. The Bertz CT molecular complexity index is 2200. The molecule has 0 spiro atoms. The number of nitrogens with one attached hydrogen (secondary N) is 4. The van der Waals surface area contributed by atoms with E-state index in [4.69, 9.17) is 14.7 Å². The van der Waals surface area contributed by atoms with Gasteiger partial charge in [-0.15, -0.1) is 0 Å². The molecule has 16 nitrogen and oxygen atoms in total. The molecule has 3 fully saturated rings. The van der Waals surface area contributed by atoms with Crippen LogP contribution in [-0.2, 0) is 19.1 Å². The maximum absolute atomic E-state index is 13.6. The van der Waals surface area contributed by atoms with E-state index >= 15 is 0 Å². The molecule has 3 atom stereocenters. The number of amides is 4. The molecule has 0 unspecified atom stereocenters. The molecule has 0 bridgehead atoms. The number of nitrogens with zero attached hydrogens (tertiary/aromatic N) is 6. The molecule has 2 saturated heterocycles. The Morgan fingerprint density at radius 2 is 1.36 bits per heavy atom. The van der Waals surface area contributed by atoms with Crippen LogP contribution in [0, 0.1) is 5.92 Å². The number of fused-ring (bicyclic) bond motifs is 2. The van der Waals surface area contributed by atoms with Gasteiger partial charge in [0.2, 0.25) is 11.8 Å². The number of alkyl carbamates (subject to hydrolysis) is 2. The van der Waals surface area contributed by atoms with Crippen LogP contribution < -0.4 is 10.6 Å². The monoisotopic (exact) mass is 720 g/mol. The van der Waals surface area contributed by atoms with Crippen LogP contribution in [0.15, 0.2) is 48.8 Å². The summed E-state index contributed by atoms with van der Waals surface area (Å²) in [5, 5.41) is 5.21. The van der Waals surface area contributed by atoms with Gasteiger partial charge in [0.15, 0.2) is 5.82 Å². The molecule has 53 heavy (non-hydrogen) atoms. The third-order valence-corrected chi connectivity index (χ3v) is 10.4. The average molecular weight is 721 g/mol. The summed E-state index contributed by atoms with van der Waals surface area (Å²) in [5.74, 6) is 1.82. The maximum atomic E-state index is 13.6. The van der Waals surface area contributed by atoms with E-state index in [2.05, 4.69) is 35.3 Å². The minimum absolute atomic E-state index is 0.0963. The molecule has 8 rings (SSSR count). The van der Waals surface area contributed by atoms with Crippen LogP contribution in [0.3, 0.4) is 0 Å². The fourth-order valence-corrected chi connectivity index (χ4v) is 7.48. The van der Waals surface area contributed by atoms with Gasteiger partial charge >= 0.3 is 12.2 Å². The van der Waals surface area contributed by atoms with E-state index in [0.717, 1.165) is 77.3 Å². The Morgan fingerprint density at radius 1 is 0.774 bits per heavy atom. The molecule has 4 N–H and O–H groups in total. The van der Waals surface area contributed by atoms with Crippen molar-refractivity contribution in [1.82, 2.24) is 50.3 Å². The van der Waals surface area contributed by atoms with Crippen molar-refractivity contribution < 1.29 is 28.7 Å². The van der Waals surface area contributed by atoms with Gasteiger partial charge in [0.05, 0.1) is 48.4 Å². The first kappa shape index (κ1) is 34.0. The molecule has 4 amide bonds. The van der Waals surface area contributed by atoms with Crippen LogP contribution in [0.25, 0.3) is 44.6 Å². The smallest absolute Gasteiger partial charge is 0.407 e. The summed E-state index contributed by atoms with van der Waals surface area (Å²) < 4.78 is 9.36. The van der Waals surface area contributed by atoms with Crippen molar-refractivity contribution in [3.05, 3.63) is 60.4 Å². The topological polar surface area (TPSA) is 200 Å². The summed E-state index contributed by atoms with van der Waals surface area (Å²) in [6.07, 6.45) is 7.38. The summed E-state index contributed by atoms with van der Waals surface area (Å²) in [5.41, 5.74) is 5.78. The number of carbonyl (C=O) groups excluding carboxylic acids is 4. The number of hydrogen-bond acceptors (Lipinski definition) is 10. The van der Waals surface area contributed by atoms with Gasteiger partial charge in [-0.2, -0.15) is 0 Å². The van der Waals surface area contributed by atoms with E-state index in [1.807, 2.05) is 41.3 Å². The van der Waals surface area contributed by atoms with Crippen molar-refractivity contribution in [3.63, 3.8) is 0 Å². The number of hydrogen-bond donors (Lipinski definition) is 4. The van der Waals surface area contributed by atoms with Crippen molar-refractivity contribution in [2.45, 2.75) is 56.7 Å². The van der Waals surface area contributed by atoms with E-state index in [-0.39, 0.29) is 36.4 Å². The van der Waals surface area contributed by atoms with E-state index in [0.29, 0.717) is 30.6 Å². The zero-order valence-corrected chi connectivity index (χ0v) is 29.4. The van der Waals surface area contributed by atoms with Crippen LogP contribution in [0.2, 0.25) is 0 Å². The third kappa shape index (κ3) is 6.83. The minimum Gasteiger partial charge on any atom is -0.453 e. The Hall–Kier alpha value is -6.06. The minimum atomic E-state index is -0.646. The Balaban J connectivity index is 0.967. The van der Waals surface area contributed by atoms with Gasteiger partial charge in [0, 0.05) is 36.6 Å². The number of ether oxygens (including phenoxy) is 2. The van der Waals surface area contributed by atoms with Crippen molar-refractivity contribution >= 4 is 46.1 Å². The number of H-pyrrole nitrogens is 2. The molecule has 5 heterocycles. The molecule has 274 valence electrons. The van der Waals surface area contributed by atoms with Crippen LogP contribution in [0.1, 0.15) is 62.3 Å². The van der Waals surface area contributed by atoms with E-state index < -0.39 is 18.2 Å². The Morgan fingerprint density at radius 3 is 1.98 bits per heavy atom. The first-order chi connectivity index (χ1) is 25.8. The molecule has 3 aromatic heterocycles. The fraction of sp³-hybridized carbons (Fsp3) is 0.405. The largest absolute Gasteiger partial charge is 0.453 e. The molecular weight excluding hydrogens is 680 g/mol. The van der Waals surface area contributed by atoms with Crippen molar-refractivity contribution in [3.8, 4) is 22.5 Å². The zero-order valence-electron chi connectivity index (χ0n) is 29.4. The lowest BCUT2D eigenvalue weighted by Crippen LogP contribution is -2.49. The molecular formula is C37H40N10O6. The maximum Gasteiger partial charge on any atom is 0.407 e. The summed E-state index contributed by atoms with van der Waals surface area (Å²) in [4.78, 5) is 79.3. The molecule has 16 heteroatoms. The molecule has 2 aliphatic heterocycles. The fourth-order valence-electron chi connectivity index (χ4n) is 7.48. The summed E-state index contributed by atoms with van der Waals surface area (Å²) in [6, 6.07) is 10.7. The second-order valence-electron chi connectivity index (χ2n) is 13.7. The van der Waals surface area contributed by atoms with Crippen LogP contribution in [0.5, 0.6) is 0 Å². The van der Waals surface area contributed by atoms with Crippen molar-refractivity contribution in [1.29, 1.82) is 0 Å². The molecule has 0 radical (unpaired) electrons. The van der Waals surface area contributed by atoms with Gasteiger partial charge in [-0.25, -0.2) is 29.5 Å². The van der Waals surface area contributed by atoms with Gasteiger partial charge < -0.3 is 39.9 Å². The number of benzene rings is 2. The average Bonchev–Trinajstić information content (AvgIpc) is 3.58. The Kier molecular flexibility index (Phi) is 9.10. The zero-order chi connectivity index (χ0) is 36.6. The molecule has 3 aliphatic rings. The predicted molar refractivity (Wildman–Crippen MR) is 192 cm³/mol. The molecule has 2 aromatic carbocycles. The lowest BCUT2D eigenvalue weighted by molar-refractivity contribution is -0.135. The van der Waals surface area contributed by atoms with Crippen molar-refractivity contribution in [2.75, 3.05) is 33.9 Å². The lowest BCUT2D eigenvalue weighted by Gasteiger charge is -2.28. The number of imidazole rings is 2. The van der Waals surface area contributed by atoms with Gasteiger partial charge in [-0.3, -0.25) is 9.59 Å². The van der Waals surface area contributed by atoms with Gasteiger partial charge in [-0.05, 0) is 80.3 Å². The first-order valence-electron chi connectivity index (χ1n) is 17.9. The van der Waals surface area contributed by atoms with Gasteiger partial charge in [0.25, 0.3) is 0 Å². The van der Waals surface area contributed by atoms with E-state index in [9.17, 15) is 19.2 Å². The van der Waals surface area contributed by atoms with E-state index in [1.165, 1.54) is 14.2 Å². The highest BCUT2D eigenvalue weighted by Crippen LogP contribution is 2.38. The number of aromatic nitrogens is 6. The van der Waals surface area contributed by atoms with Crippen molar-refractivity contribution in [2.24, 2.45) is 5.92 Å². The van der Waals surface area contributed by atoms with Crippen LogP contribution in [0.4, 0.5) is 9.59 Å². The van der Waals surface area contributed by atoms with Gasteiger partial charge in [-0.1, -0.05) is 6.07 Å². The highest BCUT2D eigenvalue weighted by molar-refractivity contribution is 5.88. The highest BCUT2D eigenvalue weighted by atomic mass is 16.5. The standard InChI is InChI=1S/C37H40N10O6/c1-52-36(50)40-19-30(48)46-13-3-5-28(46)33-41-24-11-9-21(15-26(24)43-33)23-17-38-32(39-18-23)22-10-12-25-27(16-22)44-34(42-25)29-6-4-14-47(29)35(49)31(20-7-8-20)45-37(51)53-2/h9-12,15-18,20,28-29,31H,3-8,13-14,19H2,1-2H3,(H,40,50)(H,41,43)(H,42,44)(H,45,51)/t28-,29-,31-/m0/s1. The Labute approximate surface area is 304 Å². The molecule has 1 aliphatic carbocycles. The normalized spacial score (nSPS) is 19.1. The quantitative estimate of drug-likeness (QED) is 0.169. The number of methoxy groups -OCH3 is 2. The second-order valence-corrected chi connectivity index (χ2v) is 13.7. The number of aromatic amines is 2. The van der Waals surface area contributed by atoms with E-state index in [1.54, 1.807) is 17.3 Å². The van der Waals surface area contributed by atoms with Crippen LogP contribution in [-0.4, -0.2) is 104 Å². The number of carbonyl (C=O) groups is 4. The SMILES string of the molecule is COC(=O)NCC(=O)N1CCC[C@H]1c1nc2ccc(-c3cnc(-c4ccc5nc([C@@H]6CCCN6C(=O)[C@@H](NC(=O)OC)C6CC6)[nH]c5c4)nc3)cc2[nH]1. The predicted octanol–water partition coefficient (Wildman–Crippen LogP) is 4.38. The summed E-state index contributed by atoms with van der Waals surface area (Å²) in [7, 11) is 2.56. The second kappa shape index (κ2) is 14.2. The van der Waals surface area contributed by atoms with Gasteiger partial charge in [0.1, 0.15) is 24.2 Å². The number of likely N-dealkylation sites (tertiary alicyclic amines) is 2. The summed E-state index contributed by atoms with van der Waals surface area (Å²) in [6.45, 7) is 1.05. The third-order valence-electron chi connectivity index (χ3n) is 10.4. The van der Waals surface area contributed by atoms with Crippen LogP contribution >= 0.6 is 0 Å². The highest BCUT2D eigenvalue weighted by Gasteiger charge is 2.43. The number of rotatable bonds is 9.